The van der Waals surface area contributed by atoms with Crippen molar-refractivity contribution in [2.24, 2.45) is 5.92 Å². The molecular weight excluding hydrogens is 496 g/mol. The van der Waals surface area contributed by atoms with Gasteiger partial charge in [-0.3, -0.25) is 19.4 Å². The predicted octanol–water partition coefficient (Wildman–Crippen LogP) is 2.22. The number of aromatic nitrogens is 1. The summed E-state index contributed by atoms with van der Waals surface area (Å²) in [6.07, 6.45) is 3.40. The molecular formula is C26H28N4O6S. The second-order valence-corrected chi connectivity index (χ2v) is 11.7. The highest BCUT2D eigenvalue weighted by molar-refractivity contribution is 7.89. The molecule has 2 fully saturated rings. The minimum absolute atomic E-state index is 0.00371. The van der Waals surface area contributed by atoms with Gasteiger partial charge >= 0.3 is 0 Å². The summed E-state index contributed by atoms with van der Waals surface area (Å²) in [5.41, 5.74) is 0.563. The molecule has 5 rings (SSSR count). The monoisotopic (exact) mass is 524 g/mol. The van der Waals surface area contributed by atoms with E-state index >= 15 is 0 Å². The molecule has 1 N–H and O–H groups in total. The zero-order valence-electron chi connectivity index (χ0n) is 20.5. The van der Waals surface area contributed by atoms with Gasteiger partial charge in [0.1, 0.15) is 22.6 Å². The van der Waals surface area contributed by atoms with Crippen LogP contribution in [0.4, 0.5) is 0 Å². The lowest BCUT2D eigenvalue weighted by atomic mass is 10.0. The molecule has 2 aliphatic rings. The van der Waals surface area contributed by atoms with Crippen LogP contribution in [0.1, 0.15) is 37.2 Å². The number of carbonyl (C=O) groups excluding carboxylic acids is 3. The van der Waals surface area contributed by atoms with Gasteiger partial charge in [-0.05, 0) is 43.0 Å². The van der Waals surface area contributed by atoms with Gasteiger partial charge < -0.3 is 14.6 Å². The molecule has 0 bridgehead atoms. The lowest BCUT2D eigenvalue weighted by molar-refractivity contribution is -0.138. The van der Waals surface area contributed by atoms with Crippen LogP contribution in [-0.4, -0.2) is 71.4 Å². The molecule has 11 heteroatoms. The molecule has 0 radical (unpaired) electrons. The lowest BCUT2D eigenvalue weighted by Crippen LogP contribution is -2.52. The van der Waals surface area contributed by atoms with Crippen molar-refractivity contribution in [3.63, 3.8) is 0 Å². The number of likely N-dealkylation sites (tertiary alicyclic amines) is 1. The molecule has 3 unspecified atom stereocenters. The summed E-state index contributed by atoms with van der Waals surface area (Å²) in [4.78, 5) is 45.1. The number of sulfonamides is 1. The van der Waals surface area contributed by atoms with Crippen LogP contribution in [0.25, 0.3) is 11.0 Å². The summed E-state index contributed by atoms with van der Waals surface area (Å²) < 4.78 is 33.3. The van der Waals surface area contributed by atoms with Gasteiger partial charge in [0.05, 0.1) is 12.6 Å². The van der Waals surface area contributed by atoms with Gasteiger partial charge in [-0.15, -0.1) is 0 Å². The molecule has 10 nitrogen and oxygen atoms in total. The predicted molar refractivity (Wildman–Crippen MR) is 134 cm³/mol. The molecule has 4 heterocycles. The van der Waals surface area contributed by atoms with Crippen molar-refractivity contribution >= 4 is 38.6 Å². The Morgan fingerprint density at radius 3 is 2.68 bits per heavy atom. The number of fused-ring (bicyclic) bond motifs is 2. The van der Waals surface area contributed by atoms with Crippen molar-refractivity contribution in [1.29, 1.82) is 0 Å². The van der Waals surface area contributed by atoms with E-state index in [-0.39, 0.29) is 35.4 Å². The Balaban J connectivity index is 1.36. The molecule has 0 saturated carbocycles. The Morgan fingerprint density at radius 2 is 1.97 bits per heavy atom. The third kappa shape index (κ3) is 4.64. The highest BCUT2D eigenvalue weighted by Crippen LogP contribution is 2.34. The van der Waals surface area contributed by atoms with Crippen molar-refractivity contribution in [3.8, 4) is 0 Å². The number of ketones is 1. The quantitative estimate of drug-likeness (QED) is 0.502. The number of Topliss-reactive ketones (excluding diaryl/α,β-unsaturated/α-hetero) is 1. The van der Waals surface area contributed by atoms with Gasteiger partial charge in [0.15, 0.2) is 11.5 Å². The standard InChI is InChI=1S/C26H28N4O6S/c1-16(2)12-19(28-25(32)23-13-17-6-3-4-8-22(17)36-23)26(33)29-11-9-20-24(29)21(31)15-30(20)37(34,35)18-7-5-10-27-14-18/h3-8,10,13-14,16,19-20,24H,9,11-12,15H2,1-2H3,(H,28,32). The van der Waals surface area contributed by atoms with Crippen LogP contribution in [0.3, 0.4) is 0 Å². The van der Waals surface area contributed by atoms with E-state index in [1.165, 1.54) is 33.7 Å². The van der Waals surface area contributed by atoms with Crippen LogP contribution in [0.2, 0.25) is 0 Å². The third-order valence-corrected chi connectivity index (χ3v) is 8.72. The molecule has 3 atom stereocenters. The molecule has 2 amide bonds. The van der Waals surface area contributed by atoms with Crippen molar-refractivity contribution < 1.29 is 27.2 Å². The molecule has 0 aliphatic carbocycles. The average molecular weight is 525 g/mol. The van der Waals surface area contributed by atoms with Crippen LogP contribution < -0.4 is 5.32 Å². The van der Waals surface area contributed by atoms with Crippen LogP contribution in [-0.2, 0) is 19.6 Å². The smallest absolute Gasteiger partial charge is 0.287 e. The second-order valence-electron chi connectivity index (χ2n) is 9.84. The van der Waals surface area contributed by atoms with Crippen LogP contribution >= 0.6 is 0 Å². The molecule has 2 aromatic heterocycles. The van der Waals surface area contributed by atoms with E-state index in [2.05, 4.69) is 10.3 Å². The van der Waals surface area contributed by atoms with Gasteiger partial charge in [0, 0.05) is 24.3 Å². The number of para-hydroxylation sites is 1. The van der Waals surface area contributed by atoms with E-state index in [4.69, 9.17) is 4.42 Å². The van der Waals surface area contributed by atoms with Crippen molar-refractivity contribution in [2.45, 2.75) is 49.7 Å². The maximum Gasteiger partial charge on any atom is 0.287 e. The highest BCUT2D eigenvalue weighted by Gasteiger charge is 2.54. The molecule has 37 heavy (non-hydrogen) atoms. The average Bonchev–Trinajstić information content (AvgIpc) is 3.58. The number of amides is 2. The SMILES string of the molecule is CC(C)CC(NC(=O)c1cc2ccccc2o1)C(=O)N1CCC2C1C(=O)CN2S(=O)(=O)c1cccnc1. The Labute approximate surface area is 214 Å². The largest absolute Gasteiger partial charge is 0.451 e. The highest BCUT2D eigenvalue weighted by atomic mass is 32.2. The number of nitrogens with one attached hydrogen (secondary N) is 1. The topological polar surface area (TPSA) is 130 Å². The van der Waals surface area contributed by atoms with E-state index in [0.717, 1.165) is 5.39 Å². The molecule has 2 aliphatic heterocycles. The summed E-state index contributed by atoms with van der Waals surface area (Å²) in [5, 5.41) is 3.56. The summed E-state index contributed by atoms with van der Waals surface area (Å²) in [6, 6.07) is 9.36. The second kappa shape index (κ2) is 9.71. The number of nitrogens with zero attached hydrogens (tertiary/aromatic N) is 3. The minimum Gasteiger partial charge on any atom is -0.451 e. The fourth-order valence-corrected chi connectivity index (χ4v) is 6.78. The molecule has 1 aromatic carbocycles. The normalized spacial score (nSPS) is 20.9. The fraction of sp³-hybridized carbons (Fsp3) is 0.385. The van der Waals surface area contributed by atoms with E-state index < -0.39 is 40.0 Å². The first kappa shape index (κ1) is 25.1. The summed E-state index contributed by atoms with van der Waals surface area (Å²) in [7, 11) is -3.95. The number of carbonyl (C=O) groups is 3. The number of hydrogen-bond acceptors (Lipinski definition) is 7. The Kier molecular flexibility index (Phi) is 6.59. The van der Waals surface area contributed by atoms with Gasteiger partial charge in [-0.2, -0.15) is 4.31 Å². The Morgan fingerprint density at radius 1 is 1.19 bits per heavy atom. The van der Waals surface area contributed by atoms with Crippen molar-refractivity contribution in [2.75, 3.05) is 13.1 Å². The first-order valence-electron chi connectivity index (χ1n) is 12.2. The molecule has 3 aromatic rings. The van der Waals surface area contributed by atoms with Gasteiger partial charge in [-0.25, -0.2) is 8.42 Å². The van der Waals surface area contributed by atoms with E-state index in [9.17, 15) is 22.8 Å². The summed E-state index contributed by atoms with van der Waals surface area (Å²) in [6.45, 7) is 3.78. The van der Waals surface area contributed by atoms with Crippen LogP contribution in [0.15, 0.2) is 64.2 Å². The maximum atomic E-state index is 13.7. The van der Waals surface area contributed by atoms with E-state index in [0.29, 0.717) is 18.4 Å². The zero-order chi connectivity index (χ0) is 26.3. The zero-order valence-corrected chi connectivity index (χ0v) is 21.3. The number of pyridine rings is 1. The molecule has 194 valence electrons. The van der Waals surface area contributed by atoms with Gasteiger partial charge in [0.25, 0.3) is 5.91 Å². The number of hydrogen-bond donors (Lipinski definition) is 1. The third-order valence-electron chi connectivity index (χ3n) is 6.86. The van der Waals surface area contributed by atoms with Gasteiger partial charge in [0.2, 0.25) is 15.9 Å². The lowest BCUT2D eigenvalue weighted by Gasteiger charge is -2.29. The first-order chi connectivity index (χ1) is 17.7. The van der Waals surface area contributed by atoms with Crippen molar-refractivity contribution in [3.05, 3.63) is 60.6 Å². The maximum absolute atomic E-state index is 13.7. The van der Waals surface area contributed by atoms with Crippen LogP contribution in [0.5, 0.6) is 0 Å². The fourth-order valence-electron chi connectivity index (χ4n) is 5.19. The van der Waals surface area contributed by atoms with Gasteiger partial charge in [-0.1, -0.05) is 32.0 Å². The Hall–Kier alpha value is -3.57. The number of benzene rings is 1. The summed E-state index contributed by atoms with van der Waals surface area (Å²) >= 11 is 0. The van der Waals surface area contributed by atoms with E-state index in [1.807, 2.05) is 26.0 Å². The molecule has 0 spiro atoms. The first-order valence-corrected chi connectivity index (χ1v) is 13.7. The van der Waals surface area contributed by atoms with Crippen molar-refractivity contribution in [1.82, 2.24) is 19.5 Å². The molecule has 2 saturated heterocycles. The van der Waals surface area contributed by atoms with Crippen LogP contribution in [0, 0.1) is 5.92 Å². The Bertz CT molecular complexity index is 1420. The number of furan rings is 1. The van der Waals surface area contributed by atoms with E-state index in [1.54, 1.807) is 18.2 Å². The number of rotatable bonds is 7. The minimum atomic E-state index is -3.95. The summed E-state index contributed by atoms with van der Waals surface area (Å²) in [5.74, 6) is -1.10.